The topological polar surface area (TPSA) is 18.5 Å². The van der Waals surface area contributed by atoms with E-state index in [9.17, 15) is 0 Å². The lowest BCUT2D eigenvalue weighted by Gasteiger charge is -2.39. The Hall–Kier alpha value is -0.326. The second-order valence-corrected chi connectivity index (χ2v) is 19.8. The van der Waals surface area contributed by atoms with Crippen LogP contribution in [0.15, 0.2) is 23.5 Å². The molecule has 0 aliphatic heterocycles. The molecule has 1 aliphatic carbocycles. The number of hydrogen-bond acceptors (Lipinski definition) is 2. The number of hydrogen-bond donors (Lipinski definition) is 0. The Morgan fingerprint density at radius 3 is 2.08 bits per heavy atom. The average Bonchev–Trinajstić information content (AvgIpc) is 2.38. The molecule has 0 heterocycles. The van der Waals surface area contributed by atoms with E-state index in [4.69, 9.17) is 8.85 Å². The molecule has 0 radical (unpaired) electrons. The summed E-state index contributed by atoms with van der Waals surface area (Å²) >= 11 is 0. The van der Waals surface area contributed by atoms with Crippen molar-refractivity contribution in [2.24, 2.45) is 17.8 Å². The third kappa shape index (κ3) is 6.72. The Morgan fingerprint density at radius 1 is 1.12 bits per heavy atom. The van der Waals surface area contributed by atoms with Crippen LogP contribution in [0.5, 0.6) is 0 Å². The van der Waals surface area contributed by atoms with Crippen LogP contribution in [0.4, 0.5) is 0 Å². The van der Waals surface area contributed by atoms with Gasteiger partial charge in [0.05, 0.1) is 0 Å². The van der Waals surface area contributed by atoms with Crippen LogP contribution in [-0.4, -0.2) is 23.2 Å². The van der Waals surface area contributed by atoms with Crippen molar-refractivity contribution in [3.8, 4) is 0 Å². The van der Waals surface area contributed by atoms with E-state index in [1.165, 1.54) is 5.57 Å². The van der Waals surface area contributed by atoms with Crippen molar-refractivity contribution in [2.75, 3.05) is 6.61 Å². The molecule has 0 aromatic rings. The van der Waals surface area contributed by atoms with E-state index < -0.39 is 16.6 Å². The molecule has 0 spiro atoms. The molecule has 0 N–H and O–H groups in total. The van der Waals surface area contributed by atoms with E-state index in [-0.39, 0.29) is 5.04 Å². The molecule has 0 unspecified atom stereocenters. The highest BCUT2D eigenvalue weighted by Crippen LogP contribution is 2.39. The fraction of sp³-hybridized carbons (Fsp3) is 0.810. The van der Waals surface area contributed by atoms with Gasteiger partial charge in [-0.2, -0.15) is 0 Å². The Balaban J connectivity index is 2.82. The molecule has 0 bridgehead atoms. The zero-order valence-electron chi connectivity index (χ0n) is 18.6. The maximum Gasteiger partial charge on any atom is 0.242 e. The molecule has 0 saturated heterocycles. The van der Waals surface area contributed by atoms with Crippen LogP contribution >= 0.6 is 0 Å². The van der Waals surface area contributed by atoms with Crippen LogP contribution in [0.25, 0.3) is 0 Å². The van der Waals surface area contributed by atoms with Gasteiger partial charge in [0.1, 0.15) is 5.76 Å². The zero-order valence-corrected chi connectivity index (χ0v) is 20.6. The minimum atomic E-state index is -1.69. The summed E-state index contributed by atoms with van der Waals surface area (Å²) in [6.45, 7) is 26.2. The molecular formula is C21H42O2Si2. The van der Waals surface area contributed by atoms with E-state index >= 15 is 0 Å². The molecule has 0 amide bonds. The molecule has 0 aromatic carbocycles. The monoisotopic (exact) mass is 382 g/mol. The zero-order chi connectivity index (χ0) is 19.6. The van der Waals surface area contributed by atoms with E-state index in [0.717, 1.165) is 18.8 Å². The second-order valence-electron chi connectivity index (χ2n) is 10.6. The fourth-order valence-electron chi connectivity index (χ4n) is 2.95. The Kier molecular flexibility index (Phi) is 7.39. The van der Waals surface area contributed by atoms with Crippen molar-refractivity contribution in [2.45, 2.75) is 85.7 Å². The van der Waals surface area contributed by atoms with Gasteiger partial charge in [-0.05, 0) is 80.5 Å². The molecule has 1 aliphatic rings. The first kappa shape index (κ1) is 22.7. The van der Waals surface area contributed by atoms with Crippen molar-refractivity contribution < 1.29 is 8.85 Å². The Morgan fingerprint density at radius 2 is 1.68 bits per heavy atom. The standard InChI is InChI=1S/C21H42O2Si2/c1-16(2)19(15-22-25(10,11)21(4,5)6)18-12-13-20(17(3)14-18)23-24(7,8)9/h12-13,16,18-19H,14-15H2,1-11H3/t18-,19-/m0/s1. The average molecular weight is 383 g/mol. The lowest BCUT2D eigenvalue weighted by atomic mass is 9.78. The maximum atomic E-state index is 6.58. The first-order valence-electron chi connectivity index (χ1n) is 9.85. The van der Waals surface area contributed by atoms with Gasteiger partial charge in [0.2, 0.25) is 8.32 Å². The van der Waals surface area contributed by atoms with Gasteiger partial charge >= 0.3 is 0 Å². The van der Waals surface area contributed by atoms with Gasteiger partial charge in [0.15, 0.2) is 8.32 Å². The molecule has 2 atom stereocenters. The summed E-state index contributed by atoms with van der Waals surface area (Å²) in [4.78, 5) is 0. The molecule has 0 saturated carbocycles. The van der Waals surface area contributed by atoms with Crippen LogP contribution in [-0.2, 0) is 8.85 Å². The van der Waals surface area contributed by atoms with Crippen LogP contribution in [0.3, 0.4) is 0 Å². The van der Waals surface area contributed by atoms with Gasteiger partial charge in [-0.25, -0.2) is 0 Å². The van der Waals surface area contributed by atoms with E-state index in [1.54, 1.807) is 0 Å². The number of allylic oxidation sites excluding steroid dienone is 3. The SMILES string of the molecule is CC1=C(O[Si](C)(C)C)C=C[C@H]([C@@H](CO[Si](C)(C)C(C)(C)C)C(C)C)C1. The van der Waals surface area contributed by atoms with Crippen LogP contribution in [0.2, 0.25) is 37.8 Å². The largest absolute Gasteiger partial charge is 0.544 e. The van der Waals surface area contributed by atoms with Gasteiger partial charge < -0.3 is 8.85 Å². The van der Waals surface area contributed by atoms with Crippen LogP contribution in [0, 0.1) is 17.8 Å². The highest BCUT2D eigenvalue weighted by Gasteiger charge is 2.38. The maximum absolute atomic E-state index is 6.58. The fourth-order valence-corrected chi connectivity index (χ4v) is 4.90. The van der Waals surface area contributed by atoms with E-state index in [1.807, 2.05) is 0 Å². The lowest BCUT2D eigenvalue weighted by molar-refractivity contribution is 0.156. The van der Waals surface area contributed by atoms with E-state index in [0.29, 0.717) is 17.8 Å². The normalized spacial score (nSPS) is 21.0. The summed E-state index contributed by atoms with van der Waals surface area (Å²) in [6, 6.07) is 0. The van der Waals surface area contributed by atoms with Crippen molar-refractivity contribution >= 4 is 16.6 Å². The Bertz CT molecular complexity index is 505. The minimum absolute atomic E-state index is 0.269. The predicted octanol–water partition coefficient (Wildman–Crippen LogP) is 6.98. The summed E-state index contributed by atoms with van der Waals surface area (Å²) in [7, 11) is -3.24. The first-order valence-corrected chi connectivity index (χ1v) is 16.2. The Labute approximate surface area is 159 Å². The number of rotatable bonds is 7. The highest BCUT2D eigenvalue weighted by molar-refractivity contribution is 6.74. The van der Waals surface area contributed by atoms with Gasteiger partial charge in [-0.3, -0.25) is 0 Å². The summed E-state index contributed by atoms with van der Waals surface area (Å²) < 4.78 is 12.8. The lowest BCUT2D eigenvalue weighted by Crippen LogP contribution is -2.43. The third-order valence-corrected chi connectivity index (χ3v) is 11.1. The molecule has 25 heavy (non-hydrogen) atoms. The molecule has 2 nitrogen and oxygen atoms in total. The molecule has 4 heteroatoms. The second kappa shape index (κ2) is 8.14. The van der Waals surface area contributed by atoms with Gasteiger partial charge in [-0.1, -0.05) is 40.7 Å². The highest BCUT2D eigenvalue weighted by atomic mass is 28.4. The molecule has 0 aromatic heterocycles. The smallest absolute Gasteiger partial charge is 0.242 e. The van der Waals surface area contributed by atoms with Crippen molar-refractivity contribution in [3.05, 3.63) is 23.5 Å². The van der Waals surface area contributed by atoms with Crippen molar-refractivity contribution in [3.63, 3.8) is 0 Å². The van der Waals surface area contributed by atoms with Crippen molar-refractivity contribution in [1.29, 1.82) is 0 Å². The first-order chi connectivity index (χ1) is 11.1. The van der Waals surface area contributed by atoms with Crippen LogP contribution < -0.4 is 0 Å². The van der Waals surface area contributed by atoms with Crippen LogP contribution in [0.1, 0.15) is 48.0 Å². The third-order valence-electron chi connectivity index (χ3n) is 5.72. The summed E-state index contributed by atoms with van der Waals surface area (Å²) in [5, 5.41) is 0.269. The van der Waals surface area contributed by atoms with Gasteiger partial charge in [0.25, 0.3) is 0 Å². The van der Waals surface area contributed by atoms with Gasteiger partial charge in [0, 0.05) is 6.61 Å². The molecular weight excluding hydrogens is 340 g/mol. The summed E-state index contributed by atoms with van der Waals surface area (Å²) in [5.74, 6) is 2.85. The summed E-state index contributed by atoms with van der Waals surface area (Å²) in [5.41, 5.74) is 1.40. The van der Waals surface area contributed by atoms with E-state index in [2.05, 4.69) is 86.4 Å². The van der Waals surface area contributed by atoms with Gasteiger partial charge in [-0.15, -0.1) is 0 Å². The van der Waals surface area contributed by atoms with Crippen molar-refractivity contribution in [1.82, 2.24) is 0 Å². The predicted molar refractivity (Wildman–Crippen MR) is 116 cm³/mol. The summed E-state index contributed by atoms with van der Waals surface area (Å²) in [6.07, 6.45) is 5.70. The minimum Gasteiger partial charge on any atom is -0.544 e. The quantitative estimate of drug-likeness (QED) is 0.442. The molecule has 146 valence electrons. The molecule has 0 fully saturated rings. The molecule has 1 rings (SSSR count).